The van der Waals surface area contributed by atoms with Crippen molar-refractivity contribution in [1.82, 2.24) is 0 Å². The van der Waals surface area contributed by atoms with Crippen LogP contribution in [0.25, 0.3) is 0 Å². The van der Waals surface area contributed by atoms with Crippen LogP contribution in [0.2, 0.25) is 0 Å². The highest BCUT2D eigenvalue weighted by Gasteiger charge is 2.16. The van der Waals surface area contributed by atoms with Crippen LogP contribution in [-0.2, 0) is 11.2 Å². The van der Waals surface area contributed by atoms with Gasteiger partial charge in [0.2, 0.25) is 0 Å². The van der Waals surface area contributed by atoms with Gasteiger partial charge in [-0.05, 0) is 58.2 Å². The van der Waals surface area contributed by atoms with Crippen LogP contribution in [0.15, 0.2) is 24.3 Å². The van der Waals surface area contributed by atoms with E-state index in [-0.39, 0.29) is 6.10 Å². The molecule has 0 saturated carbocycles. The average molecular weight is 265 g/mol. The molecule has 0 saturated heterocycles. The Bertz CT molecular complexity index is 422. The number of amides is 1. The lowest BCUT2D eigenvalue weighted by atomic mass is 10.1. The number of aliphatic hydroxyl groups excluding tert-OH is 1. The van der Waals surface area contributed by atoms with Crippen molar-refractivity contribution in [3.63, 3.8) is 0 Å². The fourth-order valence-corrected chi connectivity index (χ4v) is 1.60. The number of carbonyl (C=O) groups excluding carboxylic acids is 1. The van der Waals surface area contributed by atoms with E-state index in [0.717, 1.165) is 12.0 Å². The summed E-state index contributed by atoms with van der Waals surface area (Å²) in [7, 11) is 0. The number of anilines is 1. The summed E-state index contributed by atoms with van der Waals surface area (Å²) < 4.78 is 5.19. The minimum absolute atomic E-state index is 0.317. The fourth-order valence-electron chi connectivity index (χ4n) is 1.60. The number of carbonyl (C=O) groups is 1. The highest BCUT2D eigenvalue weighted by atomic mass is 16.6. The number of aryl methyl sites for hydroxylation is 1. The molecule has 0 aliphatic heterocycles. The quantitative estimate of drug-likeness (QED) is 0.877. The topological polar surface area (TPSA) is 58.6 Å². The third-order valence-electron chi connectivity index (χ3n) is 2.42. The molecular formula is C15H23NO3. The summed E-state index contributed by atoms with van der Waals surface area (Å²) in [5.41, 5.74) is 1.28. The molecule has 1 amide bonds. The standard InChI is InChI=1S/C15H23NO3/c1-11(17)8-9-12-6-5-7-13(10-12)16-14(18)19-15(2,3)4/h5-7,10-11,17H,8-9H2,1-4H3,(H,16,18). The number of hydrogen-bond acceptors (Lipinski definition) is 3. The van der Waals surface area contributed by atoms with E-state index in [1.54, 1.807) is 6.92 Å². The minimum atomic E-state index is -0.506. The molecule has 0 spiro atoms. The predicted molar refractivity (Wildman–Crippen MR) is 76.3 cm³/mol. The lowest BCUT2D eigenvalue weighted by Crippen LogP contribution is -2.27. The summed E-state index contributed by atoms with van der Waals surface area (Å²) in [5.74, 6) is 0. The summed E-state index contributed by atoms with van der Waals surface area (Å²) in [5, 5.41) is 12.0. The van der Waals surface area contributed by atoms with Gasteiger partial charge in [0.25, 0.3) is 0 Å². The van der Waals surface area contributed by atoms with Crippen LogP contribution in [-0.4, -0.2) is 22.9 Å². The number of benzene rings is 1. The van der Waals surface area contributed by atoms with Crippen molar-refractivity contribution in [2.45, 2.75) is 52.2 Å². The van der Waals surface area contributed by atoms with Crippen LogP contribution in [0, 0.1) is 0 Å². The highest BCUT2D eigenvalue weighted by Crippen LogP contribution is 2.15. The van der Waals surface area contributed by atoms with E-state index in [1.807, 2.05) is 45.0 Å². The van der Waals surface area contributed by atoms with Crippen molar-refractivity contribution in [3.8, 4) is 0 Å². The largest absolute Gasteiger partial charge is 0.444 e. The maximum atomic E-state index is 11.6. The summed E-state index contributed by atoms with van der Waals surface area (Å²) in [6.07, 6.45) is 0.708. The van der Waals surface area contributed by atoms with Gasteiger partial charge in [-0.1, -0.05) is 12.1 Å². The second-order valence-corrected chi connectivity index (χ2v) is 5.71. The zero-order valence-electron chi connectivity index (χ0n) is 12.1. The lowest BCUT2D eigenvalue weighted by molar-refractivity contribution is 0.0636. The second-order valence-electron chi connectivity index (χ2n) is 5.71. The van der Waals surface area contributed by atoms with Crippen LogP contribution in [0.3, 0.4) is 0 Å². The predicted octanol–water partition coefficient (Wildman–Crippen LogP) is 3.35. The minimum Gasteiger partial charge on any atom is -0.444 e. The van der Waals surface area contributed by atoms with E-state index in [2.05, 4.69) is 5.32 Å². The van der Waals surface area contributed by atoms with Gasteiger partial charge < -0.3 is 9.84 Å². The number of nitrogens with one attached hydrogen (secondary N) is 1. The van der Waals surface area contributed by atoms with Crippen molar-refractivity contribution in [3.05, 3.63) is 29.8 Å². The molecule has 0 radical (unpaired) electrons. The maximum Gasteiger partial charge on any atom is 0.412 e. The molecule has 1 rings (SSSR count). The van der Waals surface area contributed by atoms with Crippen molar-refractivity contribution in [2.75, 3.05) is 5.32 Å². The third-order valence-corrected chi connectivity index (χ3v) is 2.42. The van der Waals surface area contributed by atoms with Crippen molar-refractivity contribution in [2.24, 2.45) is 0 Å². The first-order valence-electron chi connectivity index (χ1n) is 6.53. The Labute approximate surface area is 114 Å². The Morgan fingerprint density at radius 1 is 1.42 bits per heavy atom. The number of ether oxygens (including phenoxy) is 1. The normalized spacial score (nSPS) is 12.9. The zero-order chi connectivity index (χ0) is 14.5. The van der Waals surface area contributed by atoms with Crippen LogP contribution < -0.4 is 5.32 Å². The average Bonchev–Trinajstić information content (AvgIpc) is 2.24. The highest BCUT2D eigenvalue weighted by molar-refractivity contribution is 5.84. The Morgan fingerprint density at radius 2 is 2.11 bits per heavy atom. The van der Waals surface area contributed by atoms with Gasteiger partial charge >= 0.3 is 6.09 Å². The van der Waals surface area contributed by atoms with E-state index in [4.69, 9.17) is 4.74 Å². The molecule has 4 heteroatoms. The van der Waals surface area contributed by atoms with E-state index >= 15 is 0 Å². The molecule has 4 nitrogen and oxygen atoms in total. The van der Waals surface area contributed by atoms with Crippen LogP contribution in [0.1, 0.15) is 39.7 Å². The van der Waals surface area contributed by atoms with Crippen molar-refractivity contribution >= 4 is 11.8 Å². The van der Waals surface area contributed by atoms with E-state index in [1.165, 1.54) is 0 Å². The van der Waals surface area contributed by atoms with Gasteiger partial charge in [-0.15, -0.1) is 0 Å². The van der Waals surface area contributed by atoms with Crippen LogP contribution in [0.5, 0.6) is 0 Å². The summed E-state index contributed by atoms with van der Waals surface area (Å²) >= 11 is 0. The Morgan fingerprint density at radius 3 is 2.68 bits per heavy atom. The summed E-state index contributed by atoms with van der Waals surface area (Å²) in [6.45, 7) is 7.24. The van der Waals surface area contributed by atoms with Crippen molar-refractivity contribution < 1.29 is 14.6 Å². The molecule has 1 unspecified atom stereocenters. The first-order valence-corrected chi connectivity index (χ1v) is 6.53. The zero-order valence-corrected chi connectivity index (χ0v) is 12.1. The number of rotatable bonds is 4. The second kappa shape index (κ2) is 6.57. The third kappa shape index (κ3) is 6.82. The summed E-state index contributed by atoms with van der Waals surface area (Å²) in [4.78, 5) is 11.6. The van der Waals surface area contributed by atoms with E-state index in [9.17, 15) is 9.90 Å². The molecule has 1 aromatic rings. The van der Waals surface area contributed by atoms with Gasteiger partial charge in [0.1, 0.15) is 5.60 Å². The molecule has 106 valence electrons. The Balaban J connectivity index is 2.59. The molecule has 0 fully saturated rings. The van der Waals surface area contributed by atoms with Gasteiger partial charge in [-0.2, -0.15) is 0 Å². The molecular weight excluding hydrogens is 242 g/mol. The molecule has 0 aliphatic rings. The van der Waals surface area contributed by atoms with Gasteiger partial charge in [0.05, 0.1) is 6.10 Å². The molecule has 0 bridgehead atoms. The van der Waals surface area contributed by atoms with E-state index < -0.39 is 11.7 Å². The molecule has 0 aromatic heterocycles. The molecule has 0 heterocycles. The summed E-state index contributed by atoms with van der Waals surface area (Å²) in [6, 6.07) is 7.56. The Kier molecular flexibility index (Phi) is 5.36. The lowest BCUT2D eigenvalue weighted by Gasteiger charge is -2.19. The fraction of sp³-hybridized carbons (Fsp3) is 0.533. The number of hydrogen-bond donors (Lipinski definition) is 2. The molecule has 2 N–H and O–H groups in total. The molecule has 19 heavy (non-hydrogen) atoms. The van der Waals surface area contributed by atoms with Gasteiger partial charge in [-0.3, -0.25) is 5.32 Å². The first kappa shape index (κ1) is 15.5. The van der Waals surface area contributed by atoms with E-state index in [0.29, 0.717) is 12.1 Å². The molecule has 0 aliphatic carbocycles. The monoisotopic (exact) mass is 265 g/mol. The smallest absolute Gasteiger partial charge is 0.412 e. The maximum absolute atomic E-state index is 11.6. The van der Waals surface area contributed by atoms with Gasteiger partial charge in [-0.25, -0.2) is 4.79 Å². The number of aliphatic hydroxyl groups is 1. The first-order chi connectivity index (χ1) is 8.76. The van der Waals surface area contributed by atoms with Gasteiger partial charge in [0, 0.05) is 5.69 Å². The molecule has 1 atom stereocenters. The Hall–Kier alpha value is -1.55. The van der Waals surface area contributed by atoms with Gasteiger partial charge in [0.15, 0.2) is 0 Å². The SMILES string of the molecule is CC(O)CCc1cccc(NC(=O)OC(C)(C)C)c1. The van der Waals surface area contributed by atoms with Crippen molar-refractivity contribution in [1.29, 1.82) is 0 Å². The van der Waals surface area contributed by atoms with Crippen LogP contribution in [0.4, 0.5) is 10.5 Å². The van der Waals surface area contributed by atoms with Crippen LogP contribution >= 0.6 is 0 Å². The molecule has 1 aromatic carbocycles.